The Morgan fingerprint density at radius 3 is 2.56 bits per heavy atom. The summed E-state index contributed by atoms with van der Waals surface area (Å²) in [5.41, 5.74) is 13.1. The first kappa shape index (κ1) is 12.5. The van der Waals surface area contributed by atoms with Crippen LogP contribution in [0.15, 0.2) is 11.2 Å². The number of hydrogen-bond acceptors (Lipinski definition) is 7. The Labute approximate surface area is 97.2 Å². The first-order valence-corrected chi connectivity index (χ1v) is 5.45. The molecule has 1 heterocycles. The molecule has 1 atom stereocenters. The van der Waals surface area contributed by atoms with Crippen LogP contribution in [0.1, 0.15) is 13.3 Å². The Kier molecular flexibility index (Phi) is 4.32. The fraction of sp³-hybridized carbons (Fsp3) is 0.375. The SMILES string of the molecule is CC(CC(=O)NN)Sc1nc(N)cc(N)n1. The van der Waals surface area contributed by atoms with Gasteiger partial charge in [0, 0.05) is 17.7 Å². The zero-order chi connectivity index (χ0) is 12.1. The quantitative estimate of drug-likeness (QED) is 0.184. The van der Waals surface area contributed by atoms with Gasteiger partial charge >= 0.3 is 0 Å². The molecule has 88 valence electrons. The Hall–Kier alpha value is -1.54. The van der Waals surface area contributed by atoms with E-state index in [1.165, 1.54) is 17.8 Å². The fourth-order valence-electron chi connectivity index (χ4n) is 1.06. The van der Waals surface area contributed by atoms with Gasteiger partial charge in [0.05, 0.1) is 0 Å². The van der Waals surface area contributed by atoms with Crippen LogP contribution in [-0.2, 0) is 4.79 Å². The molecule has 16 heavy (non-hydrogen) atoms. The third kappa shape index (κ3) is 3.91. The molecular weight excluding hydrogens is 228 g/mol. The number of nitrogens with one attached hydrogen (secondary N) is 1. The highest BCUT2D eigenvalue weighted by atomic mass is 32.2. The van der Waals surface area contributed by atoms with Crippen molar-refractivity contribution in [2.45, 2.75) is 23.8 Å². The van der Waals surface area contributed by atoms with E-state index in [9.17, 15) is 4.79 Å². The largest absolute Gasteiger partial charge is 0.383 e. The summed E-state index contributed by atoms with van der Waals surface area (Å²) in [6.45, 7) is 1.86. The number of carbonyl (C=O) groups is 1. The standard InChI is InChI=1S/C8H14N6OS/c1-4(2-7(15)14-11)16-8-12-5(9)3-6(10)13-8/h3-4H,2,11H2,1H3,(H,14,15)(H4,9,10,12,13). The molecule has 1 aromatic heterocycles. The Bertz CT molecular complexity index is 365. The normalized spacial score (nSPS) is 12.1. The van der Waals surface area contributed by atoms with Crippen LogP contribution < -0.4 is 22.7 Å². The van der Waals surface area contributed by atoms with Gasteiger partial charge in [-0.05, 0) is 0 Å². The summed E-state index contributed by atoms with van der Waals surface area (Å²) in [4.78, 5) is 19.0. The van der Waals surface area contributed by atoms with Gasteiger partial charge in [-0.3, -0.25) is 10.2 Å². The molecule has 0 bridgehead atoms. The lowest BCUT2D eigenvalue weighted by Crippen LogP contribution is -2.31. The predicted octanol–water partition coefficient (Wildman–Crippen LogP) is -0.498. The lowest BCUT2D eigenvalue weighted by Gasteiger charge is -2.09. The average molecular weight is 242 g/mol. The van der Waals surface area contributed by atoms with Crippen LogP contribution >= 0.6 is 11.8 Å². The van der Waals surface area contributed by atoms with Crippen LogP contribution in [0.2, 0.25) is 0 Å². The Morgan fingerprint density at radius 1 is 1.50 bits per heavy atom. The number of nitrogens with two attached hydrogens (primary N) is 3. The number of nitrogen functional groups attached to an aromatic ring is 2. The summed E-state index contributed by atoms with van der Waals surface area (Å²) >= 11 is 1.32. The molecule has 1 aromatic rings. The van der Waals surface area contributed by atoms with E-state index in [2.05, 4.69) is 15.4 Å². The molecule has 0 spiro atoms. The molecule has 1 rings (SSSR count). The number of hydrogen-bond donors (Lipinski definition) is 4. The van der Waals surface area contributed by atoms with Crippen molar-refractivity contribution in [3.05, 3.63) is 6.07 Å². The van der Waals surface area contributed by atoms with Gasteiger partial charge in [0.2, 0.25) is 5.91 Å². The average Bonchev–Trinajstić information content (AvgIpc) is 2.15. The lowest BCUT2D eigenvalue weighted by molar-refractivity contribution is -0.121. The predicted molar refractivity (Wildman–Crippen MR) is 63.1 cm³/mol. The number of anilines is 2. The van der Waals surface area contributed by atoms with Crippen molar-refractivity contribution in [3.63, 3.8) is 0 Å². The topological polar surface area (TPSA) is 133 Å². The van der Waals surface area contributed by atoms with E-state index in [0.29, 0.717) is 16.8 Å². The van der Waals surface area contributed by atoms with Gasteiger partial charge in [-0.1, -0.05) is 18.7 Å². The molecule has 0 radical (unpaired) electrons. The van der Waals surface area contributed by atoms with E-state index in [4.69, 9.17) is 17.3 Å². The van der Waals surface area contributed by atoms with Crippen LogP contribution in [0.5, 0.6) is 0 Å². The summed E-state index contributed by atoms with van der Waals surface area (Å²) in [6, 6.07) is 1.47. The maximum Gasteiger partial charge on any atom is 0.234 e. The molecule has 0 aromatic carbocycles. The third-order valence-corrected chi connectivity index (χ3v) is 2.65. The zero-order valence-electron chi connectivity index (χ0n) is 8.80. The van der Waals surface area contributed by atoms with Crippen LogP contribution in [0.3, 0.4) is 0 Å². The molecule has 0 saturated heterocycles. The molecule has 0 fully saturated rings. The monoisotopic (exact) mass is 242 g/mol. The molecule has 1 unspecified atom stereocenters. The summed E-state index contributed by atoms with van der Waals surface area (Å²) in [7, 11) is 0. The van der Waals surface area contributed by atoms with Gasteiger partial charge in [-0.25, -0.2) is 15.8 Å². The molecule has 0 aliphatic carbocycles. The van der Waals surface area contributed by atoms with Crippen LogP contribution in [0.4, 0.5) is 11.6 Å². The van der Waals surface area contributed by atoms with Gasteiger partial charge < -0.3 is 11.5 Å². The van der Waals surface area contributed by atoms with E-state index in [-0.39, 0.29) is 17.6 Å². The molecule has 8 heteroatoms. The number of rotatable bonds is 4. The molecule has 0 aliphatic heterocycles. The van der Waals surface area contributed by atoms with E-state index in [1.807, 2.05) is 6.92 Å². The summed E-state index contributed by atoms with van der Waals surface area (Å²) < 4.78 is 0. The number of hydrazine groups is 1. The second kappa shape index (κ2) is 5.52. The number of carbonyl (C=O) groups excluding carboxylic acids is 1. The van der Waals surface area contributed by atoms with Crippen molar-refractivity contribution in [3.8, 4) is 0 Å². The second-order valence-corrected chi connectivity index (χ2v) is 4.61. The first-order valence-electron chi connectivity index (χ1n) is 4.57. The van der Waals surface area contributed by atoms with Crippen LogP contribution in [0, 0.1) is 0 Å². The number of aromatic nitrogens is 2. The number of thioether (sulfide) groups is 1. The molecule has 0 saturated carbocycles. The first-order chi connectivity index (χ1) is 7.51. The molecule has 7 N–H and O–H groups in total. The van der Waals surface area contributed by atoms with Crippen LogP contribution in [0.25, 0.3) is 0 Å². The van der Waals surface area contributed by atoms with E-state index in [1.54, 1.807) is 0 Å². The zero-order valence-corrected chi connectivity index (χ0v) is 9.62. The molecule has 1 amide bonds. The summed E-state index contributed by atoms with van der Waals surface area (Å²) in [5, 5.41) is 0.444. The maximum absolute atomic E-state index is 11.0. The minimum absolute atomic E-state index is 0.00949. The smallest absolute Gasteiger partial charge is 0.234 e. The number of amides is 1. The van der Waals surface area contributed by atoms with Crippen molar-refractivity contribution in [2.75, 3.05) is 11.5 Å². The van der Waals surface area contributed by atoms with Gasteiger partial charge in [0.15, 0.2) is 5.16 Å². The Balaban J connectivity index is 2.62. The van der Waals surface area contributed by atoms with Gasteiger partial charge in [0.25, 0.3) is 0 Å². The Morgan fingerprint density at radius 2 is 2.06 bits per heavy atom. The number of nitrogens with zero attached hydrogens (tertiary/aromatic N) is 2. The van der Waals surface area contributed by atoms with Crippen molar-refractivity contribution >= 4 is 29.3 Å². The fourth-order valence-corrected chi connectivity index (χ4v) is 1.97. The summed E-state index contributed by atoms with van der Waals surface area (Å²) in [6.07, 6.45) is 0.277. The summed E-state index contributed by atoms with van der Waals surface area (Å²) in [5.74, 6) is 5.36. The lowest BCUT2D eigenvalue weighted by atomic mass is 10.3. The van der Waals surface area contributed by atoms with Gasteiger partial charge in [-0.2, -0.15) is 0 Å². The maximum atomic E-state index is 11.0. The van der Waals surface area contributed by atoms with Crippen LogP contribution in [-0.4, -0.2) is 21.1 Å². The highest BCUT2D eigenvalue weighted by Gasteiger charge is 2.11. The highest BCUT2D eigenvalue weighted by molar-refractivity contribution is 7.99. The van der Waals surface area contributed by atoms with Gasteiger partial charge in [-0.15, -0.1) is 0 Å². The van der Waals surface area contributed by atoms with Gasteiger partial charge in [0.1, 0.15) is 11.6 Å². The van der Waals surface area contributed by atoms with Crippen molar-refractivity contribution in [2.24, 2.45) is 5.84 Å². The second-order valence-electron chi connectivity index (χ2n) is 3.20. The third-order valence-electron chi connectivity index (χ3n) is 1.69. The van der Waals surface area contributed by atoms with Crippen molar-refractivity contribution < 1.29 is 4.79 Å². The highest BCUT2D eigenvalue weighted by Crippen LogP contribution is 2.23. The van der Waals surface area contributed by atoms with Crippen molar-refractivity contribution in [1.29, 1.82) is 0 Å². The molecule has 7 nitrogen and oxygen atoms in total. The minimum atomic E-state index is -0.239. The molecular formula is C8H14N6OS. The van der Waals surface area contributed by atoms with Crippen molar-refractivity contribution in [1.82, 2.24) is 15.4 Å². The van der Waals surface area contributed by atoms with E-state index >= 15 is 0 Å². The molecule has 0 aliphatic rings. The van der Waals surface area contributed by atoms with E-state index in [0.717, 1.165) is 0 Å². The minimum Gasteiger partial charge on any atom is -0.383 e. The van der Waals surface area contributed by atoms with E-state index < -0.39 is 0 Å².